The Hall–Kier alpha value is -1.53. The number of carbonyl (C=O) groups is 1. The molecular formula is C14H7BrClF3O2. The van der Waals surface area contributed by atoms with Gasteiger partial charge in [-0.05, 0) is 30.3 Å². The molecule has 2 rings (SSSR count). The van der Waals surface area contributed by atoms with E-state index in [1.807, 2.05) is 0 Å². The van der Waals surface area contributed by atoms with Crippen LogP contribution in [0, 0.1) is 0 Å². The summed E-state index contributed by atoms with van der Waals surface area (Å²) in [4.78, 5) is 12.3. The highest BCUT2D eigenvalue weighted by atomic mass is 79.9. The van der Waals surface area contributed by atoms with Crippen molar-refractivity contribution in [1.82, 2.24) is 0 Å². The summed E-state index contributed by atoms with van der Waals surface area (Å²) in [6.07, 6.45) is -4.87. The monoisotopic (exact) mass is 378 g/mol. The van der Waals surface area contributed by atoms with Crippen molar-refractivity contribution in [2.45, 2.75) is 6.36 Å². The van der Waals surface area contributed by atoms with Crippen molar-refractivity contribution in [2.24, 2.45) is 0 Å². The number of halogens is 5. The Kier molecular flexibility index (Phi) is 4.58. The number of rotatable bonds is 3. The lowest BCUT2D eigenvalue weighted by molar-refractivity contribution is -0.274. The van der Waals surface area contributed by atoms with E-state index >= 15 is 0 Å². The van der Waals surface area contributed by atoms with Crippen molar-refractivity contribution in [3.8, 4) is 5.75 Å². The first-order chi connectivity index (χ1) is 9.76. The molecule has 0 spiro atoms. The second-order valence-corrected chi connectivity index (χ2v) is 5.38. The van der Waals surface area contributed by atoms with Gasteiger partial charge in [0.05, 0.1) is 5.56 Å². The first-order valence-electron chi connectivity index (χ1n) is 5.62. The van der Waals surface area contributed by atoms with Crippen molar-refractivity contribution in [3.05, 3.63) is 63.1 Å². The number of para-hydroxylation sites is 1. The predicted octanol–water partition coefficient (Wildman–Crippen LogP) is 5.23. The molecule has 0 fully saturated rings. The second-order valence-electron chi connectivity index (χ2n) is 4.03. The fraction of sp³-hybridized carbons (Fsp3) is 0.0714. The van der Waals surface area contributed by atoms with Gasteiger partial charge in [0.15, 0.2) is 5.78 Å². The second kappa shape index (κ2) is 6.07. The van der Waals surface area contributed by atoms with Crippen LogP contribution in [0.2, 0.25) is 5.02 Å². The van der Waals surface area contributed by atoms with Gasteiger partial charge >= 0.3 is 6.36 Å². The van der Waals surface area contributed by atoms with E-state index in [4.69, 9.17) is 11.6 Å². The lowest BCUT2D eigenvalue weighted by Gasteiger charge is -2.12. The molecule has 0 bridgehead atoms. The Morgan fingerprint density at radius 2 is 1.81 bits per heavy atom. The first-order valence-corrected chi connectivity index (χ1v) is 6.79. The Morgan fingerprint density at radius 1 is 1.14 bits per heavy atom. The Balaban J connectivity index is 2.44. The number of alkyl halides is 3. The van der Waals surface area contributed by atoms with Crippen molar-refractivity contribution in [3.63, 3.8) is 0 Å². The van der Waals surface area contributed by atoms with E-state index in [2.05, 4.69) is 20.7 Å². The summed E-state index contributed by atoms with van der Waals surface area (Å²) in [6, 6.07) is 9.56. The molecule has 110 valence electrons. The van der Waals surface area contributed by atoms with Crippen molar-refractivity contribution in [1.29, 1.82) is 0 Å². The summed E-state index contributed by atoms with van der Waals surface area (Å²) in [5.41, 5.74) is -0.0309. The van der Waals surface area contributed by atoms with Crippen LogP contribution in [0.3, 0.4) is 0 Å². The lowest BCUT2D eigenvalue weighted by Crippen LogP contribution is -2.19. The van der Waals surface area contributed by atoms with Gasteiger partial charge in [-0.25, -0.2) is 0 Å². The SMILES string of the molecule is O=C(c1cc(Cl)cc(Br)c1)c1ccccc1OC(F)(F)F. The van der Waals surface area contributed by atoms with Gasteiger partial charge in [0.2, 0.25) is 0 Å². The van der Waals surface area contributed by atoms with Crippen LogP contribution in [0.25, 0.3) is 0 Å². The molecule has 0 N–H and O–H groups in total. The van der Waals surface area contributed by atoms with Crippen LogP contribution in [0.5, 0.6) is 5.75 Å². The minimum absolute atomic E-state index is 0.160. The molecule has 0 radical (unpaired) electrons. The highest BCUT2D eigenvalue weighted by Gasteiger charge is 2.33. The third kappa shape index (κ3) is 4.22. The van der Waals surface area contributed by atoms with Crippen LogP contribution < -0.4 is 4.74 Å². The zero-order chi connectivity index (χ0) is 15.6. The van der Waals surface area contributed by atoms with Gasteiger partial charge in [0.1, 0.15) is 5.75 Å². The largest absolute Gasteiger partial charge is 0.573 e. The first kappa shape index (κ1) is 15.9. The minimum Gasteiger partial charge on any atom is -0.405 e. The van der Waals surface area contributed by atoms with Crippen LogP contribution in [0.15, 0.2) is 46.9 Å². The number of hydrogen-bond donors (Lipinski definition) is 0. The highest BCUT2D eigenvalue weighted by Crippen LogP contribution is 2.29. The van der Waals surface area contributed by atoms with Crippen molar-refractivity contribution < 1.29 is 22.7 Å². The quantitative estimate of drug-likeness (QED) is 0.683. The third-order valence-electron chi connectivity index (χ3n) is 2.48. The topological polar surface area (TPSA) is 26.3 Å². The van der Waals surface area contributed by atoms with E-state index in [9.17, 15) is 18.0 Å². The lowest BCUT2D eigenvalue weighted by atomic mass is 10.0. The zero-order valence-corrected chi connectivity index (χ0v) is 12.6. The molecular weight excluding hydrogens is 373 g/mol. The molecule has 0 aliphatic rings. The average Bonchev–Trinajstić information content (AvgIpc) is 2.35. The molecule has 0 aromatic heterocycles. The maximum absolute atomic E-state index is 12.4. The molecule has 0 heterocycles. The number of benzene rings is 2. The summed E-state index contributed by atoms with van der Waals surface area (Å²) in [5, 5.41) is 0.293. The molecule has 2 nitrogen and oxygen atoms in total. The van der Waals surface area contributed by atoms with Crippen LogP contribution in [-0.2, 0) is 0 Å². The third-order valence-corrected chi connectivity index (χ3v) is 3.16. The van der Waals surface area contributed by atoms with Crippen LogP contribution in [-0.4, -0.2) is 12.1 Å². The van der Waals surface area contributed by atoms with Crippen LogP contribution in [0.1, 0.15) is 15.9 Å². The molecule has 0 saturated carbocycles. The molecule has 7 heteroatoms. The van der Waals surface area contributed by atoms with E-state index in [-0.39, 0.29) is 11.1 Å². The molecule has 0 aliphatic heterocycles. The Morgan fingerprint density at radius 3 is 2.43 bits per heavy atom. The van der Waals surface area contributed by atoms with Crippen LogP contribution >= 0.6 is 27.5 Å². The Labute approximate surface area is 131 Å². The van der Waals surface area contributed by atoms with Gasteiger partial charge in [-0.3, -0.25) is 4.79 Å². The van der Waals surface area contributed by atoms with Gasteiger partial charge in [0.25, 0.3) is 0 Å². The number of ether oxygens (including phenoxy) is 1. The fourth-order valence-corrected chi connectivity index (χ4v) is 2.57. The normalized spacial score (nSPS) is 11.3. The van der Waals surface area contributed by atoms with E-state index in [1.165, 1.54) is 30.3 Å². The van der Waals surface area contributed by atoms with Gasteiger partial charge < -0.3 is 4.74 Å². The number of carbonyl (C=O) groups excluding carboxylic acids is 1. The standard InChI is InChI=1S/C14H7BrClF3O2/c15-9-5-8(6-10(16)7-9)13(20)11-3-1-2-4-12(11)21-14(17,18)19/h1-7H. The van der Waals surface area contributed by atoms with Gasteiger partial charge in [-0.1, -0.05) is 39.7 Å². The van der Waals surface area contributed by atoms with E-state index in [0.29, 0.717) is 9.50 Å². The van der Waals surface area contributed by atoms with Crippen molar-refractivity contribution >= 4 is 33.3 Å². The van der Waals surface area contributed by atoms with E-state index in [1.54, 1.807) is 6.07 Å². The molecule has 2 aromatic carbocycles. The summed E-state index contributed by atoms with van der Waals surface area (Å²) < 4.78 is 41.5. The van der Waals surface area contributed by atoms with Crippen LogP contribution in [0.4, 0.5) is 13.2 Å². The molecule has 0 atom stereocenters. The maximum atomic E-state index is 12.4. The minimum atomic E-state index is -4.87. The summed E-state index contributed by atoms with van der Waals surface area (Å²) in [7, 11) is 0. The zero-order valence-electron chi connectivity index (χ0n) is 10.2. The highest BCUT2D eigenvalue weighted by molar-refractivity contribution is 9.10. The number of ketones is 1. The fourth-order valence-electron chi connectivity index (χ4n) is 1.71. The Bertz CT molecular complexity index is 666. The average molecular weight is 380 g/mol. The van der Waals surface area contributed by atoms with Gasteiger partial charge in [0, 0.05) is 15.1 Å². The molecule has 2 aromatic rings. The van der Waals surface area contributed by atoms with E-state index in [0.717, 1.165) is 6.07 Å². The molecule has 0 aliphatic carbocycles. The molecule has 21 heavy (non-hydrogen) atoms. The molecule has 0 unspecified atom stereocenters. The summed E-state index contributed by atoms with van der Waals surface area (Å²) >= 11 is 9.01. The maximum Gasteiger partial charge on any atom is 0.573 e. The smallest absolute Gasteiger partial charge is 0.405 e. The van der Waals surface area contributed by atoms with Gasteiger partial charge in [-0.15, -0.1) is 13.2 Å². The van der Waals surface area contributed by atoms with Gasteiger partial charge in [-0.2, -0.15) is 0 Å². The predicted molar refractivity (Wildman–Crippen MR) is 75.7 cm³/mol. The van der Waals surface area contributed by atoms with Crippen molar-refractivity contribution in [2.75, 3.05) is 0 Å². The molecule has 0 amide bonds. The number of hydrogen-bond acceptors (Lipinski definition) is 2. The molecule has 0 saturated heterocycles. The summed E-state index contributed by atoms with van der Waals surface area (Å²) in [6.45, 7) is 0. The van der Waals surface area contributed by atoms with E-state index < -0.39 is 17.9 Å². The summed E-state index contributed by atoms with van der Waals surface area (Å²) in [5.74, 6) is -1.16.